The van der Waals surface area contributed by atoms with Gasteiger partial charge in [-0.15, -0.1) is 0 Å². The van der Waals surface area contributed by atoms with Crippen LogP contribution in [0.3, 0.4) is 0 Å². The zero-order valence-electron chi connectivity index (χ0n) is 17.7. The van der Waals surface area contributed by atoms with Crippen LogP contribution in [0.4, 0.5) is 18.9 Å². The summed E-state index contributed by atoms with van der Waals surface area (Å²) in [5, 5.41) is 9.59. The number of nitrogens with zero attached hydrogens (tertiary/aromatic N) is 3. The van der Waals surface area contributed by atoms with Crippen molar-refractivity contribution in [3.63, 3.8) is 0 Å². The van der Waals surface area contributed by atoms with E-state index < -0.39 is 23.3 Å². The molecule has 2 aromatic rings. The molecule has 31 heavy (non-hydrogen) atoms. The van der Waals surface area contributed by atoms with Gasteiger partial charge in [0.2, 0.25) is 5.91 Å². The monoisotopic (exact) mass is 451 g/mol. The summed E-state index contributed by atoms with van der Waals surface area (Å²) in [4.78, 5) is 16.1. The lowest BCUT2D eigenvalue weighted by Gasteiger charge is -2.35. The van der Waals surface area contributed by atoms with Crippen molar-refractivity contribution in [3.05, 3.63) is 64.2 Å². The first kappa shape index (κ1) is 24.5. The molecule has 1 amide bonds. The number of likely N-dealkylation sites (N-methyl/N-ethyl adjacent to an activating group) is 1. The molecule has 0 aliphatic rings. The van der Waals surface area contributed by atoms with Gasteiger partial charge in [0.05, 0.1) is 17.2 Å². The third-order valence-corrected chi connectivity index (χ3v) is 5.36. The summed E-state index contributed by atoms with van der Waals surface area (Å²) < 4.78 is 40.8. The number of unbranched alkanes of at least 4 members (excludes halogenated alkanes) is 1. The highest BCUT2D eigenvalue weighted by Gasteiger charge is 2.35. The summed E-state index contributed by atoms with van der Waals surface area (Å²) in [5.41, 5.74) is -0.584. The van der Waals surface area contributed by atoms with Gasteiger partial charge in [-0.1, -0.05) is 49.6 Å². The van der Waals surface area contributed by atoms with Gasteiger partial charge >= 0.3 is 6.18 Å². The fraction of sp³-hybridized carbons (Fsp3) is 0.391. The van der Waals surface area contributed by atoms with Crippen LogP contribution < -0.4 is 4.90 Å². The van der Waals surface area contributed by atoms with Crippen LogP contribution in [0.25, 0.3) is 0 Å². The molecule has 0 fully saturated rings. The van der Waals surface area contributed by atoms with Gasteiger partial charge in [-0.2, -0.15) is 18.4 Å². The largest absolute Gasteiger partial charge is 0.417 e. The van der Waals surface area contributed by atoms with Crippen molar-refractivity contribution < 1.29 is 18.0 Å². The van der Waals surface area contributed by atoms with Crippen molar-refractivity contribution in [2.45, 2.75) is 44.9 Å². The molecule has 2 aromatic carbocycles. The Morgan fingerprint density at radius 2 is 1.87 bits per heavy atom. The van der Waals surface area contributed by atoms with Crippen molar-refractivity contribution >= 4 is 23.2 Å². The quantitative estimate of drug-likeness (QED) is 0.503. The minimum absolute atomic E-state index is 0.150. The van der Waals surface area contributed by atoms with Gasteiger partial charge in [0, 0.05) is 31.4 Å². The molecular formula is C23H25ClF3N3O. The van der Waals surface area contributed by atoms with Gasteiger partial charge in [-0.05, 0) is 36.2 Å². The van der Waals surface area contributed by atoms with Crippen molar-refractivity contribution in [1.82, 2.24) is 4.90 Å². The lowest BCUT2D eigenvalue weighted by molar-refractivity contribution is -0.137. The molecule has 0 heterocycles. The number of halogens is 4. The Balaban J connectivity index is 2.64. The Morgan fingerprint density at radius 3 is 2.42 bits per heavy atom. The normalized spacial score (nSPS) is 12.2. The van der Waals surface area contributed by atoms with Crippen LogP contribution in [0.2, 0.25) is 5.02 Å². The number of alkyl halides is 3. The predicted molar refractivity (Wildman–Crippen MR) is 116 cm³/mol. The fourth-order valence-electron chi connectivity index (χ4n) is 3.34. The number of hydrogen-bond acceptors (Lipinski definition) is 3. The van der Waals surface area contributed by atoms with E-state index in [-0.39, 0.29) is 18.1 Å². The van der Waals surface area contributed by atoms with E-state index in [2.05, 4.69) is 0 Å². The maximum absolute atomic E-state index is 13.6. The predicted octanol–water partition coefficient (Wildman–Crippen LogP) is 5.88. The molecule has 2 rings (SSSR count). The summed E-state index contributed by atoms with van der Waals surface area (Å²) in [6.45, 7) is 2.13. The number of nitriles is 1. The number of rotatable bonds is 8. The number of carbonyl (C=O) groups is 1. The number of hydrogen-bond donors (Lipinski definition) is 0. The van der Waals surface area contributed by atoms with Gasteiger partial charge < -0.3 is 9.80 Å². The second-order valence-corrected chi connectivity index (χ2v) is 7.86. The maximum Gasteiger partial charge on any atom is 0.417 e. The molecule has 0 spiro atoms. The van der Waals surface area contributed by atoms with Crippen LogP contribution in [0.15, 0.2) is 42.5 Å². The first-order valence-corrected chi connectivity index (χ1v) is 10.3. The van der Waals surface area contributed by atoms with Crippen LogP contribution in [-0.2, 0) is 17.5 Å². The minimum atomic E-state index is -4.69. The lowest BCUT2D eigenvalue weighted by atomic mass is 10.0. The molecule has 8 heteroatoms. The molecule has 4 nitrogen and oxygen atoms in total. The molecule has 0 bridgehead atoms. The van der Waals surface area contributed by atoms with Gasteiger partial charge in [0.15, 0.2) is 0 Å². The smallest absolute Gasteiger partial charge is 0.355 e. The Kier molecular flexibility index (Phi) is 8.35. The number of anilines is 1. The third-order valence-electron chi connectivity index (χ3n) is 4.99. The molecule has 0 unspecified atom stereocenters. The van der Waals surface area contributed by atoms with Crippen LogP contribution >= 0.6 is 11.6 Å². The first-order chi connectivity index (χ1) is 14.6. The molecule has 0 radical (unpaired) electrons. The number of amides is 1. The highest BCUT2D eigenvalue weighted by molar-refractivity contribution is 6.31. The van der Waals surface area contributed by atoms with E-state index in [1.165, 1.54) is 11.0 Å². The average molecular weight is 452 g/mol. The van der Waals surface area contributed by atoms with E-state index in [9.17, 15) is 18.0 Å². The standard InChI is InChI=1S/C23H25ClF3N3O/c1-4-5-10-21(22(31)29(2)3)30(15-17-8-6-7-9-20(17)24)18-12-11-16(14-28)19(13-18)23(25,26)27/h6-9,11-13,21H,4-5,10,15H2,1-3H3/t21-/m1/s1. The summed E-state index contributed by atoms with van der Waals surface area (Å²) >= 11 is 6.31. The zero-order chi connectivity index (χ0) is 23.2. The lowest BCUT2D eigenvalue weighted by Crippen LogP contribution is -2.46. The van der Waals surface area contributed by atoms with Gasteiger partial charge in [-0.3, -0.25) is 4.79 Å². The SMILES string of the molecule is CCCC[C@H](C(=O)N(C)C)N(Cc1ccccc1Cl)c1ccc(C#N)c(C(F)(F)F)c1. The van der Waals surface area contributed by atoms with Crippen LogP contribution in [0.1, 0.15) is 42.9 Å². The van der Waals surface area contributed by atoms with E-state index in [0.29, 0.717) is 17.0 Å². The van der Waals surface area contributed by atoms with Crippen molar-refractivity contribution in [3.8, 4) is 6.07 Å². The van der Waals surface area contributed by atoms with Crippen LogP contribution in [0, 0.1) is 11.3 Å². The van der Waals surface area contributed by atoms with Crippen molar-refractivity contribution in [2.24, 2.45) is 0 Å². The molecule has 0 aliphatic carbocycles. The summed E-state index contributed by atoms with van der Waals surface area (Å²) in [5.74, 6) is -0.210. The molecule has 166 valence electrons. The van der Waals surface area contributed by atoms with E-state index in [1.54, 1.807) is 49.3 Å². The second kappa shape index (κ2) is 10.5. The third kappa shape index (κ3) is 6.14. The molecular weight excluding hydrogens is 427 g/mol. The molecule has 0 N–H and O–H groups in total. The van der Waals surface area contributed by atoms with Gasteiger partial charge in [0.1, 0.15) is 6.04 Å². The Bertz CT molecular complexity index is 954. The topological polar surface area (TPSA) is 47.3 Å². The highest BCUT2D eigenvalue weighted by Crippen LogP contribution is 2.36. The number of benzene rings is 2. The maximum atomic E-state index is 13.6. The van der Waals surface area contributed by atoms with Crippen molar-refractivity contribution in [1.29, 1.82) is 5.26 Å². The van der Waals surface area contributed by atoms with E-state index in [4.69, 9.17) is 16.9 Å². The zero-order valence-corrected chi connectivity index (χ0v) is 18.5. The van der Waals surface area contributed by atoms with E-state index >= 15 is 0 Å². The second-order valence-electron chi connectivity index (χ2n) is 7.45. The average Bonchev–Trinajstić information content (AvgIpc) is 2.73. The Labute approximate surface area is 185 Å². The Hall–Kier alpha value is -2.72. The van der Waals surface area contributed by atoms with E-state index in [1.807, 2.05) is 6.92 Å². The summed E-state index contributed by atoms with van der Waals surface area (Å²) in [6.07, 6.45) is -2.66. The minimum Gasteiger partial charge on any atom is -0.355 e. The van der Waals surface area contributed by atoms with Gasteiger partial charge in [-0.25, -0.2) is 0 Å². The van der Waals surface area contributed by atoms with Crippen molar-refractivity contribution in [2.75, 3.05) is 19.0 Å². The Morgan fingerprint density at radius 1 is 1.19 bits per heavy atom. The van der Waals surface area contributed by atoms with Crippen LogP contribution in [-0.4, -0.2) is 30.9 Å². The van der Waals surface area contributed by atoms with Crippen LogP contribution in [0.5, 0.6) is 0 Å². The van der Waals surface area contributed by atoms with Gasteiger partial charge in [0.25, 0.3) is 0 Å². The summed E-state index contributed by atoms with van der Waals surface area (Å²) in [6, 6.07) is 11.5. The first-order valence-electron chi connectivity index (χ1n) is 9.92. The molecule has 0 aromatic heterocycles. The molecule has 1 atom stereocenters. The summed E-state index contributed by atoms with van der Waals surface area (Å²) in [7, 11) is 3.24. The molecule has 0 aliphatic heterocycles. The highest BCUT2D eigenvalue weighted by atomic mass is 35.5. The molecule has 0 saturated carbocycles. The fourth-order valence-corrected chi connectivity index (χ4v) is 3.54. The van der Waals surface area contributed by atoms with E-state index in [0.717, 1.165) is 25.0 Å². The number of carbonyl (C=O) groups excluding carboxylic acids is 1. The molecule has 0 saturated heterocycles.